The van der Waals surface area contributed by atoms with Crippen LogP contribution in [0.2, 0.25) is 0 Å². The molecule has 3 aliphatic heterocycles. The average molecular weight is 437 g/mol. The van der Waals surface area contributed by atoms with E-state index in [-0.39, 0.29) is 0 Å². The van der Waals surface area contributed by atoms with Crippen molar-refractivity contribution >= 4 is 21.8 Å². The van der Waals surface area contributed by atoms with Gasteiger partial charge in [-0.3, -0.25) is 4.90 Å². The van der Waals surface area contributed by atoms with Gasteiger partial charge in [0.05, 0.1) is 6.04 Å². The minimum absolute atomic E-state index is 0.401. The van der Waals surface area contributed by atoms with Gasteiger partial charge in [-0.25, -0.2) is 0 Å². The van der Waals surface area contributed by atoms with Crippen molar-refractivity contribution < 1.29 is 0 Å². The second-order valence-corrected chi connectivity index (χ2v) is 10.2. The Balaban J connectivity index is 1.22. The maximum Gasteiger partial charge on any atom is 0.0510 e. The van der Waals surface area contributed by atoms with Crippen molar-refractivity contribution in [3.8, 4) is 0 Å². The molecule has 3 aliphatic rings. The van der Waals surface area contributed by atoms with Gasteiger partial charge in [-0.15, -0.1) is 0 Å². The first-order valence-electron chi connectivity index (χ1n) is 12.6. The molecular formula is C29H32N4. The third-order valence-electron chi connectivity index (χ3n) is 8.54. The molecule has 0 bridgehead atoms. The number of nitrogens with one attached hydrogen (secondary N) is 3. The Bertz CT molecular complexity index is 1370. The maximum atomic E-state index is 3.86. The number of piperidine rings is 1. The third kappa shape index (κ3) is 3.04. The topological polar surface area (TPSA) is 46.9 Å². The number of rotatable bonds is 2. The molecule has 0 radical (unpaired) electrons. The second kappa shape index (κ2) is 7.61. The van der Waals surface area contributed by atoms with E-state index in [9.17, 15) is 0 Å². The Morgan fingerprint density at radius 3 is 2.36 bits per heavy atom. The molecule has 7 rings (SSSR count). The monoisotopic (exact) mass is 436 g/mol. The molecular weight excluding hydrogens is 404 g/mol. The highest BCUT2D eigenvalue weighted by Gasteiger charge is 2.39. The van der Waals surface area contributed by atoms with Crippen LogP contribution >= 0.6 is 0 Å². The molecule has 168 valence electrons. The van der Waals surface area contributed by atoms with Gasteiger partial charge in [-0.1, -0.05) is 48.0 Å². The van der Waals surface area contributed by atoms with E-state index in [1.54, 1.807) is 11.1 Å². The largest absolute Gasteiger partial charge is 0.357 e. The normalized spacial score (nSPS) is 26.5. The molecule has 1 fully saturated rings. The number of hydrogen-bond acceptors (Lipinski definition) is 2. The van der Waals surface area contributed by atoms with Crippen LogP contribution in [0.4, 0.5) is 0 Å². The van der Waals surface area contributed by atoms with Gasteiger partial charge in [0.2, 0.25) is 0 Å². The molecule has 4 heteroatoms. The fourth-order valence-electron chi connectivity index (χ4n) is 6.93. The van der Waals surface area contributed by atoms with E-state index in [0.717, 1.165) is 32.5 Å². The van der Waals surface area contributed by atoms with Crippen molar-refractivity contribution in [2.75, 3.05) is 19.6 Å². The zero-order valence-corrected chi connectivity index (χ0v) is 19.3. The predicted octanol–water partition coefficient (Wildman–Crippen LogP) is 5.79. The lowest BCUT2D eigenvalue weighted by atomic mass is 9.78. The van der Waals surface area contributed by atoms with Gasteiger partial charge in [0.25, 0.3) is 0 Å². The number of H-pyrrole nitrogens is 2. The van der Waals surface area contributed by atoms with Crippen LogP contribution in [-0.2, 0) is 12.8 Å². The van der Waals surface area contributed by atoms with Crippen molar-refractivity contribution in [3.05, 3.63) is 82.7 Å². The van der Waals surface area contributed by atoms with Crippen LogP contribution in [0.25, 0.3) is 21.8 Å². The van der Waals surface area contributed by atoms with Crippen LogP contribution in [0.15, 0.2) is 60.2 Å². The van der Waals surface area contributed by atoms with E-state index in [2.05, 4.69) is 81.7 Å². The molecule has 3 atom stereocenters. The summed E-state index contributed by atoms with van der Waals surface area (Å²) in [6, 6.07) is 18.6. The number of hydrogen-bond donors (Lipinski definition) is 3. The first-order chi connectivity index (χ1) is 16.3. The molecule has 0 spiro atoms. The number of allylic oxidation sites excluding steroid dienone is 1. The Hall–Kier alpha value is -2.82. The SMILES string of the molecule is CC=C1CN2CCc3c([nH]c4ccccc34)C2CC1CC1NCCc2c1[nH]c1ccccc21. The summed E-state index contributed by atoms with van der Waals surface area (Å²) in [6.45, 7) is 5.58. The molecule has 1 saturated heterocycles. The summed E-state index contributed by atoms with van der Waals surface area (Å²) in [5.41, 5.74) is 10.2. The summed E-state index contributed by atoms with van der Waals surface area (Å²) in [5.74, 6) is 0.600. The molecule has 5 heterocycles. The summed E-state index contributed by atoms with van der Waals surface area (Å²) in [4.78, 5) is 10.3. The fraction of sp³-hybridized carbons (Fsp3) is 0.379. The van der Waals surface area contributed by atoms with Crippen LogP contribution in [-0.4, -0.2) is 34.5 Å². The van der Waals surface area contributed by atoms with Gasteiger partial charge in [0.1, 0.15) is 0 Å². The van der Waals surface area contributed by atoms with Crippen molar-refractivity contribution in [2.45, 2.75) is 44.7 Å². The van der Waals surface area contributed by atoms with E-state index < -0.39 is 0 Å². The smallest absolute Gasteiger partial charge is 0.0510 e. The molecule has 3 N–H and O–H groups in total. The quantitative estimate of drug-likeness (QED) is 0.348. The van der Waals surface area contributed by atoms with Crippen LogP contribution in [0.1, 0.15) is 54.4 Å². The Kier molecular flexibility index (Phi) is 4.53. The van der Waals surface area contributed by atoms with Crippen LogP contribution in [0.5, 0.6) is 0 Å². The minimum atomic E-state index is 0.401. The summed E-state index contributed by atoms with van der Waals surface area (Å²) in [6.07, 6.45) is 7.04. The number of aromatic amines is 2. The van der Waals surface area contributed by atoms with E-state index in [4.69, 9.17) is 0 Å². The first-order valence-corrected chi connectivity index (χ1v) is 12.6. The molecule has 0 aliphatic carbocycles. The molecule has 3 unspecified atom stereocenters. The maximum absolute atomic E-state index is 3.86. The molecule has 2 aromatic carbocycles. The van der Waals surface area contributed by atoms with Crippen molar-refractivity contribution in [1.82, 2.24) is 20.2 Å². The molecule has 0 amide bonds. The number of nitrogens with zero attached hydrogens (tertiary/aromatic N) is 1. The zero-order valence-electron chi connectivity index (χ0n) is 19.3. The molecule has 4 nitrogen and oxygen atoms in total. The summed E-state index contributed by atoms with van der Waals surface area (Å²) in [5, 5.41) is 6.70. The van der Waals surface area contributed by atoms with E-state index in [1.165, 1.54) is 51.6 Å². The zero-order chi connectivity index (χ0) is 21.9. The van der Waals surface area contributed by atoms with Gasteiger partial charge >= 0.3 is 0 Å². The van der Waals surface area contributed by atoms with Crippen molar-refractivity contribution in [3.63, 3.8) is 0 Å². The van der Waals surface area contributed by atoms with Gasteiger partial charge < -0.3 is 15.3 Å². The van der Waals surface area contributed by atoms with E-state index in [0.29, 0.717) is 18.0 Å². The Labute approximate surface area is 195 Å². The second-order valence-electron chi connectivity index (χ2n) is 10.2. The standard InChI is InChI=1S/C29H32N4/c1-2-18-17-33-14-12-23-21-8-4-6-10-25(21)32-29(23)27(33)16-19(18)15-26-28-22(11-13-30-26)20-7-3-5-9-24(20)31-28/h2-10,19,26-27,30-32H,11-17H2,1H3. The Morgan fingerprint density at radius 1 is 0.909 bits per heavy atom. The summed E-state index contributed by atoms with van der Waals surface area (Å²) < 4.78 is 0. The molecule has 2 aromatic heterocycles. The van der Waals surface area contributed by atoms with Gasteiger partial charge in [0, 0.05) is 52.3 Å². The number of para-hydroxylation sites is 2. The average Bonchev–Trinajstić information content (AvgIpc) is 3.43. The molecule has 0 saturated carbocycles. The van der Waals surface area contributed by atoms with Gasteiger partial charge in [0.15, 0.2) is 0 Å². The highest BCUT2D eigenvalue weighted by atomic mass is 15.2. The number of aromatic nitrogens is 2. The highest BCUT2D eigenvalue weighted by molar-refractivity contribution is 5.86. The Morgan fingerprint density at radius 2 is 1.61 bits per heavy atom. The highest BCUT2D eigenvalue weighted by Crippen LogP contribution is 2.45. The van der Waals surface area contributed by atoms with Gasteiger partial charge in [-0.2, -0.15) is 0 Å². The van der Waals surface area contributed by atoms with E-state index in [1.807, 2.05) is 0 Å². The van der Waals surface area contributed by atoms with Gasteiger partial charge in [-0.05, 0) is 68.3 Å². The number of benzene rings is 2. The lowest BCUT2D eigenvalue weighted by Crippen LogP contribution is -2.43. The third-order valence-corrected chi connectivity index (χ3v) is 8.54. The van der Waals surface area contributed by atoms with Crippen LogP contribution < -0.4 is 5.32 Å². The minimum Gasteiger partial charge on any atom is -0.357 e. The summed E-state index contributed by atoms with van der Waals surface area (Å²) >= 11 is 0. The number of fused-ring (bicyclic) bond motifs is 8. The molecule has 4 aromatic rings. The predicted molar refractivity (Wildman–Crippen MR) is 136 cm³/mol. The van der Waals surface area contributed by atoms with Crippen LogP contribution in [0.3, 0.4) is 0 Å². The lowest BCUT2D eigenvalue weighted by molar-refractivity contribution is 0.131. The first kappa shape index (κ1) is 19.6. The van der Waals surface area contributed by atoms with Crippen molar-refractivity contribution in [1.29, 1.82) is 0 Å². The fourth-order valence-corrected chi connectivity index (χ4v) is 6.93. The lowest BCUT2D eigenvalue weighted by Gasteiger charge is -2.44. The molecule has 33 heavy (non-hydrogen) atoms. The summed E-state index contributed by atoms with van der Waals surface area (Å²) in [7, 11) is 0. The van der Waals surface area contributed by atoms with Crippen LogP contribution in [0, 0.1) is 5.92 Å². The van der Waals surface area contributed by atoms with E-state index >= 15 is 0 Å². The van der Waals surface area contributed by atoms with Crippen molar-refractivity contribution in [2.24, 2.45) is 5.92 Å².